The Kier molecular flexibility index (Phi) is 3.55. The number of anilines is 2. The summed E-state index contributed by atoms with van der Waals surface area (Å²) in [6.07, 6.45) is 1.04. The van der Waals surface area contributed by atoms with Gasteiger partial charge >= 0.3 is 0 Å². The van der Waals surface area contributed by atoms with E-state index in [0.717, 1.165) is 6.42 Å². The average Bonchev–Trinajstić information content (AvgIpc) is 3.00. The molecule has 0 aliphatic heterocycles. The molecular weight excluding hydrogens is 298 g/mol. The Balaban J connectivity index is 1.95. The molecule has 4 rings (SSSR count). The van der Waals surface area contributed by atoms with Crippen LogP contribution in [0.15, 0.2) is 66.7 Å². The second-order valence-electron chi connectivity index (χ2n) is 5.79. The van der Waals surface area contributed by atoms with Gasteiger partial charge in [0, 0.05) is 28.2 Å². The Morgan fingerprint density at radius 2 is 1.48 bits per heavy atom. The molecule has 3 aromatic carbocycles. The van der Waals surface area contributed by atoms with Gasteiger partial charge in [0.1, 0.15) is 0 Å². The summed E-state index contributed by atoms with van der Waals surface area (Å²) in [5.74, 6) is 0. The molecule has 0 aliphatic carbocycles. The van der Waals surface area contributed by atoms with Crippen molar-refractivity contribution in [1.29, 1.82) is 0 Å². The highest BCUT2D eigenvalue weighted by atomic mass is 32.1. The molecule has 2 heteroatoms. The van der Waals surface area contributed by atoms with Crippen molar-refractivity contribution in [2.45, 2.75) is 13.3 Å². The van der Waals surface area contributed by atoms with Crippen molar-refractivity contribution in [2.24, 2.45) is 0 Å². The monoisotopic (exact) mass is 317 g/mol. The fraction of sp³-hybridized carbons (Fsp3) is 0.143. The van der Waals surface area contributed by atoms with Gasteiger partial charge in [-0.15, -0.1) is 11.3 Å². The quantitative estimate of drug-likeness (QED) is 0.423. The zero-order valence-corrected chi connectivity index (χ0v) is 14.2. The van der Waals surface area contributed by atoms with Gasteiger partial charge in [-0.25, -0.2) is 0 Å². The molecule has 0 saturated carbocycles. The Labute approximate surface area is 140 Å². The van der Waals surface area contributed by atoms with Crippen molar-refractivity contribution < 1.29 is 0 Å². The maximum atomic E-state index is 2.33. The SMILES string of the molecule is CCc1ccccc1N(C)c1cccc2c1sc1ccccc12. The second-order valence-corrected chi connectivity index (χ2v) is 6.85. The molecular formula is C21H19NS. The molecule has 0 spiro atoms. The number of fused-ring (bicyclic) bond motifs is 3. The van der Waals surface area contributed by atoms with Crippen LogP contribution < -0.4 is 4.90 Å². The number of hydrogen-bond donors (Lipinski definition) is 0. The van der Waals surface area contributed by atoms with Crippen LogP contribution in [-0.4, -0.2) is 7.05 Å². The first-order valence-electron chi connectivity index (χ1n) is 8.01. The van der Waals surface area contributed by atoms with Crippen LogP contribution in [0.4, 0.5) is 11.4 Å². The fourth-order valence-electron chi connectivity index (χ4n) is 3.26. The molecule has 1 nitrogen and oxygen atoms in total. The zero-order valence-electron chi connectivity index (χ0n) is 13.4. The number of thiophene rings is 1. The van der Waals surface area contributed by atoms with Crippen LogP contribution in [0.25, 0.3) is 20.2 Å². The minimum atomic E-state index is 1.04. The van der Waals surface area contributed by atoms with E-state index in [9.17, 15) is 0 Å². The van der Waals surface area contributed by atoms with Crippen LogP contribution in [0.2, 0.25) is 0 Å². The number of para-hydroxylation sites is 1. The Morgan fingerprint density at radius 3 is 2.35 bits per heavy atom. The molecule has 1 aromatic heterocycles. The molecule has 0 N–H and O–H groups in total. The zero-order chi connectivity index (χ0) is 15.8. The summed E-state index contributed by atoms with van der Waals surface area (Å²) in [6.45, 7) is 2.21. The Morgan fingerprint density at radius 1 is 0.783 bits per heavy atom. The van der Waals surface area contributed by atoms with E-state index in [-0.39, 0.29) is 0 Å². The predicted octanol–water partition coefficient (Wildman–Crippen LogP) is 6.38. The smallest absolute Gasteiger partial charge is 0.0592 e. The van der Waals surface area contributed by atoms with Crippen molar-refractivity contribution in [3.05, 3.63) is 72.3 Å². The van der Waals surface area contributed by atoms with Gasteiger partial charge in [0.05, 0.1) is 10.4 Å². The van der Waals surface area contributed by atoms with Crippen molar-refractivity contribution >= 4 is 42.9 Å². The molecule has 1 heterocycles. The number of nitrogens with zero attached hydrogens (tertiary/aromatic N) is 1. The van der Waals surface area contributed by atoms with E-state index in [0.29, 0.717) is 0 Å². The van der Waals surface area contributed by atoms with Crippen molar-refractivity contribution in [3.8, 4) is 0 Å². The van der Waals surface area contributed by atoms with Crippen LogP contribution in [0, 0.1) is 0 Å². The van der Waals surface area contributed by atoms with Crippen molar-refractivity contribution in [1.82, 2.24) is 0 Å². The normalized spacial score (nSPS) is 11.2. The first-order valence-corrected chi connectivity index (χ1v) is 8.83. The fourth-order valence-corrected chi connectivity index (χ4v) is 4.52. The van der Waals surface area contributed by atoms with E-state index in [4.69, 9.17) is 0 Å². The lowest BCUT2D eigenvalue weighted by Gasteiger charge is -2.23. The van der Waals surface area contributed by atoms with Gasteiger partial charge in [-0.2, -0.15) is 0 Å². The Bertz CT molecular complexity index is 983. The summed E-state index contributed by atoms with van der Waals surface area (Å²) in [6, 6.07) is 24.0. The van der Waals surface area contributed by atoms with Crippen LogP contribution in [0.1, 0.15) is 12.5 Å². The highest BCUT2D eigenvalue weighted by Gasteiger charge is 2.14. The van der Waals surface area contributed by atoms with Gasteiger partial charge in [-0.3, -0.25) is 0 Å². The lowest BCUT2D eigenvalue weighted by Crippen LogP contribution is -2.11. The van der Waals surface area contributed by atoms with Gasteiger partial charge < -0.3 is 4.90 Å². The third-order valence-electron chi connectivity index (χ3n) is 4.48. The molecule has 0 saturated heterocycles. The van der Waals surface area contributed by atoms with Crippen LogP contribution in [-0.2, 0) is 6.42 Å². The van der Waals surface area contributed by atoms with Gasteiger partial charge in [-0.1, -0.05) is 55.5 Å². The summed E-state index contributed by atoms with van der Waals surface area (Å²) < 4.78 is 2.72. The number of aryl methyl sites for hydroxylation is 1. The van der Waals surface area contributed by atoms with E-state index in [1.807, 2.05) is 11.3 Å². The lowest BCUT2D eigenvalue weighted by molar-refractivity contribution is 1.10. The van der Waals surface area contributed by atoms with Crippen molar-refractivity contribution in [3.63, 3.8) is 0 Å². The third-order valence-corrected chi connectivity index (χ3v) is 5.69. The molecule has 0 atom stereocenters. The summed E-state index contributed by atoms with van der Waals surface area (Å²) in [5, 5.41) is 2.70. The molecule has 0 fully saturated rings. The first-order chi connectivity index (χ1) is 11.3. The lowest BCUT2D eigenvalue weighted by atomic mass is 10.1. The standard InChI is InChI=1S/C21H19NS/c1-3-15-9-4-6-12-18(15)22(2)19-13-8-11-17-16-10-5-7-14-20(16)23-21(17)19/h4-14H,3H2,1-2H3. The summed E-state index contributed by atoms with van der Waals surface area (Å²) >= 11 is 1.88. The number of benzene rings is 3. The molecule has 0 unspecified atom stereocenters. The van der Waals surface area contributed by atoms with Crippen LogP contribution in [0.5, 0.6) is 0 Å². The predicted molar refractivity (Wildman–Crippen MR) is 103 cm³/mol. The second kappa shape index (κ2) is 5.71. The van der Waals surface area contributed by atoms with Crippen molar-refractivity contribution in [2.75, 3.05) is 11.9 Å². The summed E-state index contributed by atoms with van der Waals surface area (Å²) in [4.78, 5) is 2.33. The molecule has 114 valence electrons. The molecule has 0 aliphatic rings. The molecule has 0 amide bonds. The highest BCUT2D eigenvalue weighted by molar-refractivity contribution is 7.26. The van der Waals surface area contributed by atoms with Gasteiger partial charge in [0.2, 0.25) is 0 Å². The maximum Gasteiger partial charge on any atom is 0.0592 e. The summed E-state index contributed by atoms with van der Waals surface area (Å²) in [7, 11) is 2.17. The minimum Gasteiger partial charge on any atom is -0.343 e. The summed E-state index contributed by atoms with van der Waals surface area (Å²) in [5.41, 5.74) is 3.96. The van der Waals surface area contributed by atoms with E-state index in [1.165, 1.54) is 37.1 Å². The Hall–Kier alpha value is -2.32. The van der Waals surface area contributed by atoms with Crippen LogP contribution in [0.3, 0.4) is 0 Å². The first kappa shape index (κ1) is 14.3. The van der Waals surface area contributed by atoms with Crippen LogP contribution >= 0.6 is 11.3 Å². The van der Waals surface area contributed by atoms with E-state index in [2.05, 4.69) is 85.6 Å². The molecule has 4 aromatic rings. The molecule has 0 radical (unpaired) electrons. The third kappa shape index (κ3) is 2.30. The maximum absolute atomic E-state index is 2.33. The average molecular weight is 317 g/mol. The molecule has 23 heavy (non-hydrogen) atoms. The topological polar surface area (TPSA) is 3.24 Å². The number of hydrogen-bond acceptors (Lipinski definition) is 2. The highest BCUT2D eigenvalue weighted by Crippen LogP contribution is 2.41. The van der Waals surface area contributed by atoms with Gasteiger partial charge in [0.25, 0.3) is 0 Å². The van der Waals surface area contributed by atoms with E-state index in [1.54, 1.807) is 0 Å². The van der Waals surface area contributed by atoms with E-state index < -0.39 is 0 Å². The largest absolute Gasteiger partial charge is 0.343 e. The van der Waals surface area contributed by atoms with Gasteiger partial charge in [-0.05, 0) is 30.2 Å². The molecule has 0 bridgehead atoms. The number of rotatable bonds is 3. The van der Waals surface area contributed by atoms with Gasteiger partial charge in [0.15, 0.2) is 0 Å². The minimum absolute atomic E-state index is 1.04. The van der Waals surface area contributed by atoms with E-state index >= 15 is 0 Å².